The van der Waals surface area contributed by atoms with E-state index in [2.05, 4.69) is 18.2 Å². The van der Waals surface area contributed by atoms with Crippen LogP contribution in [-0.2, 0) is 0 Å². The van der Waals surface area contributed by atoms with Gasteiger partial charge < -0.3 is 4.42 Å². The third-order valence-corrected chi connectivity index (χ3v) is 8.48. The van der Waals surface area contributed by atoms with Gasteiger partial charge in [-0.05, 0) is 63.6 Å². The molecule has 2 heterocycles. The van der Waals surface area contributed by atoms with Gasteiger partial charge in [0.05, 0.1) is 8.22 Å². The molecule has 0 radical (unpaired) electrons. The Morgan fingerprint density at radius 2 is 0.980 bits per heavy atom. The standard InChI is InChI=1S/C45H29N3O/c1-5-14-30(15-6-1)34-24-26-37(39(28-34)32-18-9-3-10-19-32)45-47-43(33-20-11-4-12-21-33)46-44(48-45)35-25-27-38-41(29-35)49-40-23-13-22-36(42(38)40)31-16-7-2-8-17-31/h1-29H/i13D,22D,23D,25D,27D,29D. The Morgan fingerprint density at radius 1 is 0.408 bits per heavy atom. The molecule has 0 aliphatic carbocycles. The third-order valence-electron chi connectivity index (χ3n) is 8.48. The predicted octanol–water partition coefficient (Wildman–Crippen LogP) is 11.8. The van der Waals surface area contributed by atoms with Crippen LogP contribution >= 0.6 is 0 Å². The fourth-order valence-corrected chi connectivity index (χ4v) is 6.11. The summed E-state index contributed by atoms with van der Waals surface area (Å²) in [6, 6.07) is 42.8. The number of fused-ring (bicyclic) bond motifs is 3. The Morgan fingerprint density at radius 3 is 1.65 bits per heavy atom. The summed E-state index contributed by atoms with van der Waals surface area (Å²) >= 11 is 0. The van der Waals surface area contributed by atoms with Crippen molar-refractivity contribution >= 4 is 21.9 Å². The molecule has 0 fully saturated rings. The first kappa shape index (κ1) is 22.8. The number of furan rings is 1. The van der Waals surface area contributed by atoms with Crippen LogP contribution in [0.1, 0.15) is 8.22 Å². The van der Waals surface area contributed by atoms with Crippen LogP contribution in [0.5, 0.6) is 0 Å². The Labute approximate surface area is 292 Å². The minimum absolute atomic E-state index is 0.0117. The lowest BCUT2D eigenvalue weighted by Gasteiger charge is -2.14. The largest absolute Gasteiger partial charge is 0.456 e. The van der Waals surface area contributed by atoms with E-state index in [1.165, 1.54) is 0 Å². The zero-order chi connectivity index (χ0) is 37.8. The second kappa shape index (κ2) is 12.2. The highest BCUT2D eigenvalue weighted by atomic mass is 16.3. The maximum Gasteiger partial charge on any atom is 0.164 e. The van der Waals surface area contributed by atoms with E-state index in [-0.39, 0.29) is 69.6 Å². The fraction of sp³-hybridized carbons (Fsp3) is 0. The molecular formula is C45H29N3O. The first-order valence-electron chi connectivity index (χ1n) is 18.9. The van der Waals surface area contributed by atoms with Gasteiger partial charge in [-0.15, -0.1) is 0 Å². The smallest absolute Gasteiger partial charge is 0.164 e. The molecule has 0 bridgehead atoms. The lowest BCUT2D eigenvalue weighted by molar-refractivity contribution is 0.669. The summed E-state index contributed by atoms with van der Waals surface area (Å²) in [5.41, 5.74) is 6.06. The first-order valence-corrected chi connectivity index (χ1v) is 15.9. The van der Waals surface area contributed by atoms with E-state index >= 15 is 0 Å². The van der Waals surface area contributed by atoms with Crippen LogP contribution in [0.15, 0.2) is 180 Å². The van der Waals surface area contributed by atoms with Gasteiger partial charge >= 0.3 is 0 Å². The molecule has 230 valence electrons. The maximum atomic E-state index is 9.50. The SMILES string of the molecule is [2H]c1c([2H])c(-c2ccccc2)c2c(oc3c([2H])c(-c4nc(-c5ccccc5)nc(-c5ccc(-c6ccccc6)cc5-c5ccccc5)n4)c([2H])c([2H])c32)c1[2H]. The summed E-state index contributed by atoms with van der Waals surface area (Å²) in [6.07, 6.45) is 0. The summed E-state index contributed by atoms with van der Waals surface area (Å²) in [5, 5.41) is 0.369. The van der Waals surface area contributed by atoms with E-state index in [1.54, 1.807) is 24.3 Å². The molecule has 4 heteroatoms. The number of rotatable bonds is 6. The normalized spacial score (nSPS) is 13.0. The van der Waals surface area contributed by atoms with Crippen molar-refractivity contribution in [1.29, 1.82) is 0 Å². The van der Waals surface area contributed by atoms with Crippen molar-refractivity contribution in [3.8, 4) is 67.5 Å². The van der Waals surface area contributed by atoms with Crippen molar-refractivity contribution in [3.63, 3.8) is 0 Å². The van der Waals surface area contributed by atoms with Gasteiger partial charge in [-0.3, -0.25) is 0 Å². The molecule has 0 atom stereocenters. The summed E-state index contributed by atoms with van der Waals surface area (Å²) in [7, 11) is 0. The Kier molecular flexibility index (Phi) is 5.67. The summed E-state index contributed by atoms with van der Waals surface area (Å²) < 4.78 is 60.6. The molecule has 7 aromatic carbocycles. The van der Waals surface area contributed by atoms with Crippen LogP contribution in [-0.4, -0.2) is 15.0 Å². The molecule has 0 unspecified atom stereocenters. The molecular weight excluding hydrogens is 599 g/mol. The molecule has 9 aromatic rings. The molecule has 4 nitrogen and oxygen atoms in total. The lowest BCUT2D eigenvalue weighted by Crippen LogP contribution is -2.01. The van der Waals surface area contributed by atoms with E-state index in [9.17, 15) is 4.11 Å². The van der Waals surface area contributed by atoms with Crippen molar-refractivity contribution in [2.24, 2.45) is 0 Å². The van der Waals surface area contributed by atoms with Gasteiger partial charge in [0.1, 0.15) is 11.2 Å². The Balaban J connectivity index is 1.33. The number of nitrogens with zero attached hydrogens (tertiary/aromatic N) is 3. The summed E-state index contributed by atoms with van der Waals surface area (Å²) in [4.78, 5) is 14.7. The van der Waals surface area contributed by atoms with Crippen LogP contribution in [0.4, 0.5) is 0 Å². The molecule has 0 saturated carbocycles. The van der Waals surface area contributed by atoms with Crippen LogP contribution in [0.3, 0.4) is 0 Å². The Bertz CT molecular complexity index is 2920. The van der Waals surface area contributed by atoms with E-state index in [4.69, 9.17) is 23.5 Å². The molecule has 0 aliphatic rings. The fourth-order valence-electron chi connectivity index (χ4n) is 6.11. The molecule has 9 rings (SSSR count). The second-order valence-corrected chi connectivity index (χ2v) is 11.5. The summed E-state index contributed by atoms with van der Waals surface area (Å²) in [5.74, 6) is 0.645. The molecule has 0 aliphatic heterocycles. The average molecular weight is 634 g/mol. The van der Waals surface area contributed by atoms with Gasteiger partial charge in [-0.25, -0.2) is 15.0 Å². The van der Waals surface area contributed by atoms with Crippen LogP contribution in [0, 0.1) is 0 Å². The van der Waals surface area contributed by atoms with Gasteiger partial charge in [0.15, 0.2) is 17.5 Å². The number of hydrogen-bond donors (Lipinski definition) is 0. The molecule has 0 saturated heterocycles. The highest BCUT2D eigenvalue weighted by Crippen LogP contribution is 2.39. The average Bonchev–Trinajstić information content (AvgIpc) is 3.64. The molecule has 49 heavy (non-hydrogen) atoms. The Hall–Kier alpha value is -6.65. The van der Waals surface area contributed by atoms with E-state index in [0.29, 0.717) is 33.9 Å². The quantitative estimate of drug-likeness (QED) is 0.183. The van der Waals surface area contributed by atoms with Crippen LogP contribution in [0.2, 0.25) is 0 Å². The molecule has 0 N–H and O–H groups in total. The highest BCUT2D eigenvalue weighted by Gasteiger charge is 2.19. The van der Waals surface area contributed by atoms with Crippen molar-refractivity contribution in [2.75, 3.05) is 0 Å². The van der Waals surface area contributed by atoms with Gasteiger partial charge in [0.25, 0.3) is 0 Å². The zero-order valence-corrected chi connectivity index (χ0v) is 26.0. The first-order chi connectivity index (χ1) is 26.8. The molecule has 0 spiro atoms. The van der Waals surface area contributed by atoms with E-state index < -0.39 is 0 Å². The van der Waals surface area contributed by atoms with Gasteiger partial charge in [-0.1, -0.05) is 146 Å². The van der Waals surface area contributed by atoms with Crippen molar-refractivity contribution in [3.05, 3.63) is 176 Å². The van der Waals surface area contributed by atoms with Crippen molar-refractivity contribution in [1.82, 2.24) is 15.0 Å². The maximum absolute atomic E-state index is 9.50. The third kappa shape index (κ3) is 5.35. The van der Waals surface area contributed by atoms with Gasteiger partial charge in [0, 0.05) is 27.5 Å². The minimum Gasteiger partial charge on any atom is -0.456 e. The monoisotopic (exact) mass is 633 g/mol. The molecule has 0 amide bonds. The van der Waals surface area contributed by atoms with Gasteiger partial charge in [0.2, 0.25) is 0 Å². The van der Waals surface area contributed by atoms with Crippen molar-refractivity contribution < 1.29 is 12.6 Å². The number of hydrogen-bond acceptors (Lipinski definition) is 4. The highest BCUT2D eigenvalue weighted by molar-refractivity contribution is 6.13. The van der Waals surface area contributed by atoms with Gasteiger partial charge in [-0.2, -0.15) is 0 Å². The number of aromatic nitrogens is 3. The van der Waals surface area contributed by atoms with Crippen LogP contribution in [0.25, 0.3) is 89.5 Å². The number of benzene rings is 7. The topological polar surface area (TPSA) is 51.8 Å². The second-order valence-electron chi connectivity index (χ2n) is 11.5. The molecule has 2 aromatic heterocycles. The van der Waals surface area contributed by atoms with E-state index in [1.807, 2.05) is 97.1 Å². The minimum atomic E-state index is -0.336. The lowest BCUT2D eigenvalue weighted by atomic mass is 9.94. The predicted molar refractivity (Wildman–Crippen MR) is 200 cm³/mol. The summed E-state index contributed by atoms with van der Waals surface area (Å²) in [6.45, 7) is 0. The van der Waals surface area contributed by atoms with E-state index in [0.717, 1.165) is 22.3 Å². The van der Waals surface area contributed by atoms with Crippen LogP contribution < -0.4 is 0 Å². The van der Waals surface area contributed by atoms with Crippen molar-refractivity contribution in [2.45, 2.75) is 0 Å². The zero-order valence-electron chi connectivity index (χ0n) is 32.0.